The molecule has 1 aliphatic rings. The van der Waals surface area contributed by atoms with Crippen LogP contribution in [-0.4, -0.2) is 22.9 Å². The average molecular weight is 310 g/mol. The van der Waals surface area contributed by atoms with E-state index < -0.39 is 17.3 Å². The van der Waals surface area contributed by atoms with Crippen molar-refractivity contribution in [3.8, 4) is 0 Å². The number of nitrogens with two attached hydrogens (primary N) is 1. The van der Waals surface area contributed by atoms with E-state index in [9.17, 15) is 14.4 Å². The minimum atomic E-state index is -0.876. The van der Waals surface area contributed by atoms with Gasteiger partial charge in [0.2, 0.25) is 5.91 Å². The van der Waals surface area contributed by atoms with Gasteiger partial charge in [-0.05, 0) is 29.7 Å². The van der Waals surface area contributed by atoms with Crippen LogP contribution in [0.3, 0.4) is 0 Å². The lowest BCUT2D eigenvalue weighted by Crippen LogP contribution is -2.28. The largest absolute Gasteiger partial charge is 0.481 e. The molecule has 1 saturated carbocycles. The number of carboxylic acids is 1. The quantitative estimate of drug-likeness (QED) is 0.748. The molecule has 1 heterocycles. The molecule has 0 radical (unpaired) electrons. The summed E-state index contributed by atoms with van der Waals surface area (Å²) in [6.45, 7) is 0. The van der Waals surface area contributed by atoms with E-state index in [2.05, 4.69) is 5.32 Å². The first-order valence-electron chi connectivity index (χ1n) is 6.81. The van der Waals surface area contributed by atoms with Crippen LogP contribution in [0.2, 0.25) is 0 Å². The Bertz CT molecular complexity index is 561. The highest BCUT2D eigenvalue weighted by molar-refractivity contribution is 7.14. The monoisotopic (exact) mass is 310 g/mol. The Morgan fingerprint density at radius 2 is 1.95 bits per heavy atom. The van der Waals surface area contributed by atoms with Crippen molar-refractivity contribution in [2.24, 2.45) is 11.1 Å². The molecule has 1 aliphatic carbocycles. The number of carbonyl (C=O) groups is 3. The Labute approximate surface area is 126 Å². The molecular formula is C14H18N2O4S. The number of nitrogens with one attached hydrogen (secondary N) is 1. The lowest BCUT2D eigenvalue weighted by molar-refractivity contribution is -0.140. The van der Waals surface area contributed by atoms with Crippen LogP contribution in [0.1, 0.15) is 48.9 Å². The van der Waals surface area contributed by atoms with E-state index in [-0.39, 0.29) is 24.3 Å². The Kier molecular flexibility index (Phi) is 4.62. The highest BCUT2D eigenvalue weighted by Crippen LogP contribution is 2.44. The molecular weight excluding hydrogens is 292 g/mol. The molecule has 1 aromatic rings. The van der Waals surface area contributed by atoms with Crippen molar-refractivity contribution in [3.63, 3.8) is 0 Å². The number of thiophene rings is 1. The zero-order valence-electron chi connectivity index (χ0n) is 11.6. The third-order valence-electron chi connectivity index (χ3n) is 3.91. The summed E-state index contributed by atoms with van der Waals surface area (Å²) in [6.07, 6.45) is 3.57. The predicted octanol–water partition coefficient (Wildman–Crippen LogP) is 2.21. The summed E-state index contributed by atoms with van der Waals surface area (Å²) in [5.41, 5.74) is 5.05. The second-order valence-electron chi connectivity index (χ2n) is 5.53. The molecule has 0 aromatic carbocycles. The summed E-state index contributed by atoms with van der Waals surface area (Å²) in [6, 6.07) is 1.56. The van der Waals surface area contributed by atoms with Gasteiger partial charge in [-0.15, -0.1) is 11.3 Å². The summed E-state index contributed by atoms with van der Waals surface area (Å²) in [4.78, 5) is 34.4. The number of carbonyl (C=O) groups excluding carboxylic acids is 2. The highest BCUT2D eigenvalue weighted by Gasteiger charge is 2.38. The Balaban J connectivity index is 2.04. The van der Waals surface area contributed by atoms with Gasteiger partial charge in [-0.3, -0.25) is 14.4 Å². The normalized spacial score (nSPS) is 16.6. The minimum Gasteiger partial charge on any atom is -0.481 e. The molecule has 0 saturated heterocycles. The molecule has 1 fully saturated rings. The first kappa shape index (κ1) is 15.5. The van der Waals surface area contributed by atoms with Crippen LogP contribution >= 0.6 is 11.3 Å². The molecule has 1 aromatic heterocycles. The van der Waals surface area contributed by atoms with Gasteiger partial charge in [-0.1, -0.05) is 12.8 Å². The maximum Gasteiger partial charge on any atom is 0.303 e. The van der Waals surface area contributed by atoms with Crippen molar-refractivity contribution >= 4 is 34.1 Å². The van der Waals surface area contributed by atoms with Gasteiger partial charge < -0.3 is 16.2 Å². The van der Waals surface area contributed by atoms with E-state index in [1.165, 1.54) is 11.3 Å². The van der Waals surface area contributed by atoms with Crippen LogP contribution in [0.25, 0.3) is 0 Å². The number of hydrogen-bond donors (Lipinski definition) is 3. The Morgan fingerprint density at radius 3 is 2.52 bits per heavy atom. The number of hydrogen-bond acceptors (Lipinski definition) is 4. The summed E-state index contributed by atoms with van der Waals surface area (Å²) in [5, 5.41) is 13.8. The van der Waals surface area contributed by atoms with Crippen LogP contribution in [0, 0.1) is 5.41 Å². The van der Waals surface area contributed by atoms with Crippen LogP contribution < -0.4 is 11.1 Å². The van der Waals surface area contributed by atoms with E-state index in [1.807, 2.05) is 0 Å². The van der Waals surface area contributed by atoms with Gasteiger partial charge in [0.1, 0.15) is 5.00 Å². The molecule has 4 N–H and O–H groups in total. The van der Waals surface area contributed by atoms with Gasteiger partial charge in [0.05, 0.1) is 12.0 Å². The van der Waals surface area contributed by atoms with Crippen molar-refractivity contribution in [2.75, 3.05) is 5.32 Å². The fraction of sp³-hybridized carbons (Fsp3) is 0.500. The molecule has 6 nitrogen and oxygen atoms in total. The molecule has 0 atom stereocenters. The summed E-state index contributed by atoms with van der Waals surface area (Å²) in [5.74, 6) is -1.73. The molecule has 0 unspecified atom stereocenters. The van der Waals surface area contributed by atoms with Gasteiger partial charge in [0, 0.05) is 6.42 Å². The molecule has 2 rings (SSSR count). The maximum absolute atomic E-state index is 12.2. The summed E-state index contributed by atoms with van der Waals surface area (Å²) < 4.78 is 0. The third-order valence-corrected chi connectivity index (χ3v) is 4.74. The second kappa shape index (κ2) is 6.26. The van der Waals surface area contributed by atoms with E-state index in [0.29, 0.717) is 5.00 Å². The molecule has 2 amide bonds. The van der Waals surface area contributed by atoms with Crippen LogP contribution in [0.4, 0.5) is 5.00 Å². The molecule has 0 bridgehead atoms. The molecule has 0 spiro atoms. The third kappa shape index (κ3) is 3.81. The minimum absolute atomic E-state index is 0.00748. The van der Waals surface area contributed by atoms with Gasteiger partial charge >= 0.3 is 5.97 Å². The topological polar surface area (TPSA) is 109 Å². The number of anilines is 1. The van der Waals surface area contributed by atoms with Gasteiger partial charge in [0.25, 0.3) is 5.91 Å². The van der Waals surface area contributed by atoms with E-state index in [0.717, 1.165) is 25.7 Å². The predicted molar refractivity (Wildman–Crippen MR) is 79.2 cm³/mol. The first-order chi connectivity index (χ1) is 9.92. The van der Waals surface area contributed by atoms with Crippen LogP contribution in [-0.2, 0) is 9.59 Å². The fourth-order valence-electron chi connectivity index (χ4n) is 2.97. The zero-order chi connectivity index (χ0) is 15.5. The fourth-order valence-corrected chi connectivity index (χ4v) is 3.78. The number of primary amides is 1. The van der Waals surface area contributed by atoms with Gasteiger partial charge in [-0.25, -0.2) is 0 Å². The van der Waals surface area contributed by atoms with E-state index >= 15 is 0 Å². The highest BCUT2D eigenvalue weighted by atomic mass is 32.1. The van der Waals surface area contributed by atoms with Crippen molar-refractivity contribution in [2.45, 2.75) is 38.5 Å². The number of carboxylic acid groups (broad SMARTS) is 1. The number of amides is 2. The molecule has 21 heavy (non-hydrogen) atoms. The molecule has 7 heteroatoms. The average Bonchev–Trinajstić information content (AvgIpc) is 2.97. The standard InChI is InChI=1S/C14H18N2O4S/c15-12(20)9-3-6-21-13(9)16-10(17)7-14(8-11(18)19)4-1-2-5-14/h3,6H,1-2,4-5,7-8H2,(H2,15,20)(H,16,17)(H,18,19). The van der Waals surface area contributed by atoms with Crippen LogP contribution in [0.15, 0.2) is 11.4 Å². The van der Waals surface area contributed by atoms with Crippen molar-refractivity contribution in [3.05, 3.63) is 17.0 Å². The molecule has 0 aliphatic heterocycles. The maximum atomic E-state index is 12.2. The smallest absolute Gasteiger partial charge is 0.303 e. The summed E-state index contributed by atoms with van der Waals surface area (Å²) in [7, 11) is 0. The van der Waals surface area contributed by atoms with Gasteiger partial charge in [-0.2, -0.15) is 0 Å². The Hall–Kier alpha value is -1.89. The van der Waals surface area contributed by atoms with E-state index in [4.69, 9.17) is 10.8 Å². The zero-order valence-corrected chi connectivity index (χ0v) is 12.4. The lowest BCUT2D eigenvalue weighted by atomic mass is 9.79. The number of aliphatic carboxylic acids is 1. The van der Waals surface area contributed by atoms with Crippen LogP contribution in [0.5, 0.6) is 0 Å². The van der Waals surface area contributed by atoms with Gasteiger partial charge in [0.15, 0.2) is 0 Å². The second-order valence-corrected chi connectivity index (χ2v) is 6.45. The lowest BCUT2D eigenvalue weighted by Gasteiger charge is -2.26. The number of rotatable bonds is 6. The molecule has 114 valence electrons. The van der Waals surface area contributed by atoms with E-state index in [1.54, 1.807) is 11.4 Å². The van der Waals surface area contributed by atoms with Crippen molar-refractivity contribution in [1.29, 1.82) is 0 Å². The Morgan fingerprint density at radius 1 is 1.29 bits per heavy atom. The first-order valence-corrected chi connectivity index (χ1v) is 7.69. The van der Waals surface area contributed by atoms with Crippen molar-refractivity contribution < 1.29 is 19.5 Å². The SMILES string of the molecule is NC(=O)c1ccsc1NC(=O)CC1(CC(=O)O)CCCC1. The summed E-state index contributed by atoms with van der Waals surface area (Å²) >= 11 is 1.23. The van der Waals surface area contributed by atoms with Crippen molar-refractivity contribution in [1.82, 2.24) is 0 Å².